The molecule has 1 fully saturated rings. The van der Waals surface area contributed by atoms with Crippen LogP contribution in [0.25, 0.3) is 0 Å². The lowest BCUT2D eigenvalue weighted by Crippen LogP contribution is -2.55. The zero-order chi connectivity index (χ0) is 17.7. The van der Waals surface area contributed by atoms with Crippen molar-refractivity contribution in [2.75, 3.05) is 5.32 Å². The van der Waals surface area contributed by atoms with E-state index in [4.69, 9.17) is 4.74 Å². The summed E-state index contributed by atoms with van der Waals surface area (Å²) in [5, 5.41) is 3.44. The van der Waals surface area contributed by atoms with Crippen LogP contribution in [-0.4, -0.2) is 45.2 Å². The monoisotopic (exact) mass is 334 g/mol. The third-order valence-electron chi connectivity index (χ3n) is 4.50. The number of nitrogens with zero attached hydrogens (tertiary/aromatic N) is 3. The van der Waals surface area contributed by atoms with Crippen molar-refractivity contribution in [3.63, 3.8) is 0 Å². The number of piperidine rings is 1. The molecule has 1 aliphatic rings. The molecule has 6 heteroatoms. The summed E-state index contributed by atoms with van der Waals surface area (Å²) in [7, 11) is 0. The number of amides is 1. The van der Waals surface area contributed by atoms with E-state index in [1.807, 2.05) is 38.1 Å². The zero-order valence-corrected chi connectivity index (χ0v) is 15.5. The summed E-state index contributed by atoms with van der Waals surface area (Å²) in [6, 6.07) is 0.626. The molecular weight excluding hydrogens is 304 g/mol. The molecule has 0 radical (unpaired) electrons. The maximum Gasteiger partial charge on any atom is 0.410 e. The van der Waals surface area contributed by atoms with Gasteiger partial charge in [0.05, 0.1) is 6.10 Å². The van der Waals surface area contributed by atoms with E-state index < -0.39 is 0 Å². The van der Waals surface area contributed by atoms with E-state index in [1.54, 1.807) is 0 Å². The molecule has 1 aromatic rings. The van der Waals surface area contributed by atoms with Gasteiger partial charge in [-0.1, -0.05) is 13.8 Å². The fraction of sp³-hybridized carbons (Fsp3) is 0.722. The number of hydrogen-bond donors (Lipinski definition) is 1. The van der Waals surface area contributed by atoms with Gasteiger partial charge in [-0.2, -0.15) is 0 Å². The Bertz CT molecular complexity index is 518. The third kappa shape index (κ3) is 4.58. The lowest BCUT2D eigenvalue weighted by atomic mass is 9.89. The first-order valence-corrected chi connectivity index (χ1v) is 8.98. The number of carbonyl (C=O) groups is 1. The van der Waals surface area contributed by atoms with Crippen LogP contribution in [0.5, 0.6) is 0 Å². The summed E-state index contributed by atoms with van der Waals surface area (Å²) in [6.45, 7) is 10.0. The number of carbonyl (C=O) groups excluding carboxylic acids is 1. The Kier molecular flexibility index (Phi) is 6.40. The van der Waals surface area contributed by atoms with Gasteiger partial charge in [0.2, 0.25) is 5.95 Å². The minimum Gasteiger partial charge on any atom is -0.447 e. The van der Waals surface area contributed by atoms with E-state index in [0.29, 0.717) is 5.95 Å². The predicted octanol–water partition coefficient (Wildman–Crippen LogP) is 3.76. The first-order chi connectivity index (χ1) is 11.4. The molecule has 6 nitrogen and oxygen atoms in total. The van der Waals surface area contributed by atoms with Crippen molar-refractivity contribution in [1.29, 1.82) is 0 Å². The quantitative estimate of drug-likeness (QED) is 0.888. The number of nitrogens with one attached hydrogen (secondary N) is 1. The van der Waals surface area contributed by atoms with Gasteiger partial charge in [-0.3, -0.25) is 0 Å². The van der Waals surface area contributed by atoms with Crippen LogP contribution in [0.15, 0.2) is 12.4 Å². The molecule has 0 unspecified atom stereocenters. The lowest BCUT2D eigenvalue weighted by Gasteiger charge is -2.44. The molecule has 0 aliphatic carbocycles. The normalized spacial score (nSPS) is 24.1. The first kappa shape index (κ1) is 18.5. The standard InChI is InChI=1S/C18H30N4O2/c1-6-15-8-14(21-17-19-10-13(5)11-20-17)9-16(7-2)22(15)18(23)24-12(3)4/h10-12,14-16H,6-9H2,1-5H3,(H,19,20,21)/t14-,15+,16-. The van der Waals surface area contributed by atoms with Crippen molar-refractivity contribution in [2.24, 2.45) is 0 Å². The number of aryl methyl sites for hydroxylation is 1. The van der Waals surface area contributed by atoms with Crippen molar-refractivity contribution < 1.29 is 9.53 Å². The van der Waals surface area contributed by atoms with E-state index in [9.17, 15) is 4.79 Å². The molecule has 134 valence electrons. The molecule has 24 heavy (non-hydrogen) atoms. The van der Waals surface area contributed by atoms with Crippen LogP contribution in [-0.2, 0) is 4.74 Å². The summed E-state index contributed by atoms with van der Waals surface area (Å²) in [4.78, 5) is 23.1. The molecule has 1 amide bonds. The Morgan fingerprint density at radius 2 is 1.79 bits per heavy atom. The molecule has 2 rings (SSSR count). The molecule has 0 saturated carbocycles. The van der Waals surface area contributed by atoms with Gasteiger partial charge >= 0.3 is 6.09 Å². The van der Waals surface area contributed by atoms with Crippen LogP contribution in [0.1, 0.15) is 58.9 Å². The fourth-order valence-corrected chi connectivity index (χ4v) is 3.33. The molecule has 1 N–H and O–H groups in total. The zero-order valence-electron chi connectivity index (χ0n) is 15.5. The van der Waals surface area contributed by atoms with Gasteiger partial charge in [-0.05, 0) is 52.0 Å². The molecule has 1 aliphatic heterocycles. The number of aromatic nitrogens is 2. The molecule has 0 spiro atoms. The largest absolute Gasteiger partial charge is 0.447 e. The summed E-state index contributed by atoms with van der Waals surface area (Å²) < 4.78 is 5.46. The molecule has 0 bridgehead atoms. The van der Waals surface area contributed by atoms with Gasteiger partial charge in [0.25, 0.3) is 0 Å². The topological polar surface area (TPSA) is 67.4 Å². The molecule has 2 heterocycles. The van der Waals surface area contributed by atoms with Crippen molar-refractivity contribution in [2.45, 2.75) is 84.5 Å². The highest BCUT2D eigenvalue weighted by Crippen LogP contribution is 2.29. The molecule has 3 atom stereocenters. The first-order valence-electron chi connectivity index (χ1n) is 8.98. The van der Waals surface area contributed by atoms with Crippen molar-refractivity contribution in [1.82, 2.24) is 14.9 Å². The number of rotatable bonds is 5. The summed E-state index contributed by atoms with van der Waals surface area (Å²) in [6.07, 6.45) is 6.96. The Morgan fingerprint density at radius 1 is 1.25 bits per heavy atom. The smallest absolute Gasteiger partial charge is 0.410 e. The van der Waals surface area contributed by atoms with Crippen molar-refractivity contribution in [3.8, 4) is 0 Å². The average molecular weight is 334 g/mol. The van der Waals surface area contributed by atoms with Crippen LogP contribution < -0.4 is 5.32 Å². The second-order valence-electron chi connectivity index (χ2n) is 6.86. The highest BCUT2D eigenvalue weighted by molar-refractivity contribution is 5.69. The maximum absolute atomic E-state index is 12.5. The molecular formula is C18H30N4O2. The van der Waals surface area contributed by atoms with Gasteiger partial charge in [0, 0.05) is 30.5 Å². The van der Waals surface area contributed by atoms with Gasteiger partial charge in [-0.15, -0.1) is 0 Å². The second kappa shape index (κ2) is 8.31. The average Bonchev–Trinajstić information content (AvgIpc) is 2.55. The Hall–Kier alpha value is -1.85. The van der Waals surface area contributed by atoms with E-state index in [2.05, 4.69) is 29.1 Å². The highest BCUT2D eigenvalue weighted by atomic mass is 16.6. The van der Waals surface area contributed by atoms with Crippen LogP contribution in [0.2, 0.25) is 0 Å². The van der Waals surface area contributed by atoms with Crippen LogP contribution >= 0.6 is 0 Å². The molecule has 0 aromatic carbocycles. The van der Waals surface area contributed by atoms with Crippen LogP contribution in [0.3, 0.4) is 0 Å². The van der Waals surface area contributed by atoms with E-state index in [-0.39, 0.29) is 30.3 Å². The lowest BCUT2D eigenvalue weighted by molar-refractivity contribution is 0.0253. The van der Waals surface area contributed by atoms with Gasteiger partial charge in [0.1, 0.15) is 0 Å². The minimum atomic E-state index is -0.186. The summed E-state index contributed by atoms with van der Waals surface area (Å²) >= 11 is 0. The fourth-order valence-electron chi connectivity index (χ4n) is 3.33. The van der Waals surface area contributed by atoms with E-state index in [1.165, 1.54) is 0 Å². The second-order valence-corrected chi connectivity index (χ2v) is 6.86. The van der Waals surface area contributed by atoms with Gasteiger partial charge < -0.3 is 15.0 Å². The summed E-state index contributed by atoms with van der Waals surface area (Å²) in [5.74, 6) is 0.661. The highest BCUT2D eigenvalue weighted by Gasteiger charge is 2.38. The summed E-state index contributed by atoms with van der Waals surface area (Å²) in [5.41, 5.74) is 1.05. The number of anilines is 1. The van der Waals surface area contributed by atoms with Crippen molar-refractivity contribution >= 4 is 12.0 Å². The van der Waals surface area contributed by atoms with E-state index >= 15 is 0 Å². The molecule has 1 aromatic heterocycles. The molecule has 1 saturated heterocycles. The van der Waals surface area contributed by atoms with Gasteiger partial charge in [0.15, 0.2) is 0 Å². The SMILES string of the molecule is CC[C@@H]1C[C@H](Nc2ncc(C)cn2)C[C@H](CC)N1C(=O)OC(C)C. The van der Waals surface area contributed by atoms with E-state index in [0.717, 1.165) is 31.2 Å². The maximum atomic E-state index is 12.5. The Balaban J connectivity index is 2.08. The van der Waals surface area contributed by atoms with Crippen molar-refractivity contribution in [3.05, 3.63) is 18.0 Å². The Morgan fingerprint density at radius 3 is 2.25 bits per heavy atom. The van der Waals surface area contributed by atoms with Crippen LogP contribution in [0, 0.1) is 6.92 Å². The number of ether oxygens (including phenoxy) is 1. The third-order valence-corrected chi connectivity index (χ3v) is 4.50. The van der Waals surface area contributed by atoms with Crippen LogP contribution in [0.4, 0.5) is 10.7 Å². The number of hydrogen-bond acceptors (Lipinski definition) is 5. The van der Waals surface area contributed by atoms with Gasteiger partial charge in [-0.25, -0.2) is 14.8 Å². The predicted molar refractivity (Wildman–Crippen MR) is 95.0 cm³/mol. The minimum absolute atomic E-state index is 0.0932. The Labute approximate surface area is 145 Å². The number of likely N-dealkylation sites (tertiary alicyclic amines) is 1.